The third-order valence-electron chi connectivity index (χ3n) is 2.33. The molecule has 1 aliphatic heterocycles. The predicted octanol–water partition coefficient (Wildman–Crippen LogP) is 1.80. The van der Waals surface area contributed by atoms with Crippen molar-refractivity contribution in [3.8, 4) is 5.75 Å². The lowest BCUT2D eigenvalue weighted by molar-refractivity contribution is 0.0339. The zero-order valence-electron chi connectivity index (χ0n) is 8.08. The van der Waals surface area contributed by atoms with E-state index in [1.54, 1.807) is 6.07 Å². The largest absolute Gasteiger partial charge is 0.488 e. The quantitative estimate of drug-likeness (QED) is 0.733. The minimum atomic E-state index is -0.260. The Morgan fingerprint density at radius 2 is 2.29 bits per heavy atom. The Morgan fingerprint density at radius 3 is 3.00 bits per heavy atom. The highest BCUT2D eigenvalue weighted by atomic mass is 19.1. The van der Waals surface area contributed by atoms with E-state index in [0.717, 1.165) is 5.56 Å². The van der Waals surface area contributed by atoms with Crippen molar-refractivity contribution in [1.29, 1.82) is 0 Å². The van der Waals surface area contributed by atoms with Gasteiger partial charge in [-0.05, 0) is 25.1 Å². The summed E-state index contributed by atoms with van der Waals surface area (Å²) in [6, 6.07) is 4.39. The molecule has 1 heterocycles. The third-order valence-corrected chi connectivity index (χ3v) is 2.33. The second-order valence-corrected chi connectivity index (χ2v) is 3.30. The average molecular weight is 197 g/mol. The van der Waals surface area contributed by atoms with Gasteiger partial charge >= 0.3 is 0 Å². The van der Waals surface area contributed by atoms with Gasteiger partial charge in [-0.15, -0.1) is 0 Å². The Bertz CT molecular complexity index is 343. The van der Waals surface area contributed by atoms with Crippen LogP contribution in [-0.2, 0) is 4.84 Å². The summed E-state index contributed by atoms with van der Waals surface area (Å²) < 4.78 is 18.5. The van der Waals surface area contributed by atoms with E-state index in [0.29, 0.717) is 5.75 Å². The number of ether oxygens (including phenoxy) is 1. The van der Waals surface area contributed by atoms with Gasteiger partial charge in [0.15, 0.2) is 0 Å². The molecule has 3 nitrogen and oxygen atoms in total. The summed E-state index contributed by atoms with van der Waals surface area (Å²) in [7, 11) is 1.53. The van der Waals surface area contributed by atoms with Crippen LogP contribution in [0.5, 0.6) is 5.75 Å². The predicted molar refractivity (Wildman–Crippen MR) is 49.4 cm³/mol. The average Bonchev–Trinajstić information content (AvgIpc) is 2.45. The van der Waals surface area contributed by atoms with E-state index in [2.05, 4.69) is 5.48 Å². The number of fused-ring (bicyclic) bond motifs is 1. The minimum Gasteiger partial charge on any atom is -0.488 e. The highest BCUT2D eigenvalue weighted by Crippen LogP contribution is 2.36. The van der Waals surface area contributed by atoms with Gasteiger partial charge in [0.2, 0.25) is 0 Å². The molecule has 2 unspecified atom stereocenters. The van der Waals surface area contributed by atoms with Crippen LogP contribution in [0.15, 0.2) is 18.2 Å². The SMILES string of the molecule is CONC1c2cc(F)ccc2OC1C. The van der Waals surface area contributed by atoms with Crippen LogP contribution in [-0.4, -0.2) is 13.2 Å². The van der Waals surface area contributed by atoms with E-state index in [9.17, 15) is 4.39 Å². The maximum Gasteiger partial charge on any atom is 0.125 e. The fourth-order valence-corrected chi connectivity index (χ4v) is 1.68. The van der Waals surface area contributed by atoms with E-state index in [-0.39, 0.29) is 18.0 Å². The molecule has 4 heteroatoms. The van der Waals surface area contributed by atoms with Gasteiger partial charge in [-0.2, -0.15) is 5.48 Å². The van der Waals surface area contributed by atoms with Crippen LogP contribution in [0.2, 0.25) is 0 Å². The lowest BCUT2D eigenvalue weighted by atomic mass is 10.1. The molecule has 1 aromatic carbocycles. The van der Waals surface area contributed by atoms with E-state index in [1.807, 2.05) is 6.92 Å². The van der Waals surface area contributed by atoms with Crippen molar-refractivity contribution >= 4 is 0 Å². The molecule has 0 aromatic heterocycles. The fraction of sp³-hybridized carbons (Fsp3) is 0.400. The normalized spacial score (nSPS) is 24.5. The molecular weight excluding hydrogens is 185 g/mol. The van der Waals surface area contributed by atoms with Gasteiger partial charge in [0.1, 0.15) is 17.7 Å². The standard InChI is InChI=1S/C10H12FNO2/c1-6-10(12-13-2)8-5-7(11)3-4-9(8)14-6/h3-6,10,12H,1-2H3. The first-order valence-corrected chi connectivity index (χ1v) is 4.47. The van der Waals surface area contributed by atoms with Crippen LogP contribution in [0.1, 0.15) is 18.5 Å². The highest BCUT2D eigenvalue weighted by Gasteiger charge is 2.31. The van der Waals surface area contributed by atoms with E-state index >= 15 is 0 Å². The molecule has 1 N–H and O–H groups in total. The van der Waals surface area contributed by atoms with Crippen molar-refractivity contribution in [3.05, 3.63) is 29.6 Å². The molecule has 0 saturated carbocycles. The number of hydroxylamine groups is 1. The molecule has 1 aliphatic rings. The van der Waals surface area contributed by atoms with E-state index < -0.39 is 0 Å². The molecule has 1 aromatic rings. The molecule has 76 valence electrons. The summed E-state index contributed by atoms with van der Waals surface area (Å²) >= 11 is 0. The van der Waals surface area contributed by atoms with Crippen molar-refractivity contribution in [1.82, 2.24) is 5.48 Å². The Kier molecular flexibility index (Phi) is 2.39. The topological polar surface area (TPSA) is 30.5 Å². The zero-order valence-corrected chi connectivity index (χ0v) is 8.08. The Morgan fingerprint density at radius 1 is 1.50 bits per heavy atom. The number of hydrogen-bond donors (Lipinski definition) is 1. The molecule has 0 aliphatic carbocycles. The van der Waals surface area contributed by atoms with Gasteiger partial charge in [0, 0.05) is 5.56 Å². The first-order valence-electron chi connectivity index (χ1n) is 4.47. The van der Waals surface area contributed by atoms with Crippen LogP contribution in [0.3, 0.4) is 0 Å². The number of nitrogens with one attached hydrogen (secondary N) is 1. The van der Waals surface area contributed by atoms with Crippen LogP contribution in [0.25, 0.3) is 0 Å². The van der Waals surface area contributed by atoms with Crippen LogP contribution in [0, 0.1) is 5.82 Å². The maximum absolute atomic E-state index is 13.0. The molecular formula is C10H12FNO2. The third kappa shape index (κ3) is 1.47. The van der Waals surface area contributed by atoms with Gasteiger partial charge in [0.05, 0.1) is 13.2 Å². The Balaban J connectivity index is 2.34. The van der Waals surface area contributed by atoms with Crippen LogP contribution >= 0.6 is 0 Å². The van der Waals surface area contributed by atoms with Gasteiger partial charge in [-0.1, -0.05) is 0 Å². The maximum atomic E-state index is 13.0. The van der Waals surface area contributed by atoms with Crippen molar-refractivity contribution in [3.63, 3.8) is 0 Å². The molecule has 0 spiro atoms. The minimum absolute atomic E-state index is 0.0493. The first-order chi connectivity index (χ1) is 6.72. The molecule has 0 fully saturated rings. The number of halogens is 1. The summed E-state index contributed by atoms with van der Waals surface area (Å²) in [5, 5.41) is 0. The van der Waals surface area contributed by atoms with Gasteiger partial charge in [0.25, 0.3) is 0 Å². The fourth-order valence-electron chi connectivity index (χ4n) is 1.68. The van der Waals surface area contributed by atoms with Crippen LogP contribution < -0.4 is 10.2 Å². The van der Waals surface area contributed by atoms with Gasteiger partial charge in [-0.3, -0.25) is 0 Å². The number of rotatable bonds is 2. The van der Waals surface area contributed by atoms with E-state index in [4.69, 9.17) is 9.57 Å². The number of hydrogen-bond acceptors (Lipinski definition) is 3. The zero-order chi connectivity index (χ0) is 10.1. The van der Waals surface area contributed by atoms with Crippen molar-refractivity contribution in [2.75, 3.05) is 7.11 Å². The van der Waals surface area contributed by atoms with Crippen LogP contribution in [0.4, 0.5) is 4.39 Å². The van der Waals surface area contributed by atoms with Crippen molar-refractivity contribution in [2.24, 2.45) is 0 Å². The Labute approximate surface area is 81.8 Å². The monoisotopic (exact) mass is 197 g/mol. The Hall–Kier alpha value is -1.13. The summed E-state index contributed by atoms with van der Waals surface area (Å²) in [5.41, 5.74) is 3.59. The molecule has 0 radical (unpaired) electrons. The van der Waals surface area contributed by atoms with Crippen molar-refractivity contribution in [2.45, 2.75) is 19.1 Å². The van der Waals surface area contributed by atoms with E-state index in [1.165, 1.54) is 19.2 Å². The van der Waals surface area contributed by atoms with Gasteiger partial charge in [-0.25, -0.2) is 4.39 Å². The summed E-state index contributed by atoms with van der Waals surface area (Å²) in [6.07, 6.45) is -0.0493. The van der Waals surface area contributed by atoms with Crippen molar-refractivity contribution < 1.29 is 14.0 Å². The molecule has 14 heavy (non-hydrogen) atoms. The molecule has 0 bridgehead atoms. The lowest BCUT2D eigenvalue weighted by Crippen LogP contribution is -2.27. The molecule has 2 atom stereocenters. The molecule has 0 amide bonds. The smallest absolute Gasteiger partial charge is 0.125 e. The second-order valence-electron chi connectivity index (χ2n) is 3.30. The summed E-state index contributed by atoms with van der Waals surface area (Å²) in [5.74, 6) is 0.456. The lowest BCUT2D eigenvalue weighted by Gasteiger charge is -2.14. The summed E-state index contributed by atoms with van der Waals surface area (Å²) in [4.78, 5) is 4.84. The first kappa shape index (κ1) is 9.43. The molecule has 0 saturated heterocycles. The summed E-state index contributed by atoms with van der Waals surface area (Å²) in [6.45, 7) is 1.91. The van der Waals surface area contributed by atoms with Gasteiger partial charge < -0.3 is 9.57 Å². The number of benzene rings is 1. The second kappa shape index (κ2) is 3.55. The molecule has 2 rings (SSSR count). The highest BCUT2D eigenvalue weighted by molar-refractivity contribution is 5.40.